The molecule has 1 heterocycles. The van der Waals surface area contributed by atoms with Gasteiger partial charge in [-0.25, -0.2) is 0 Å². The number of methoxy groups -OCH3 is 1. The molecule has 0 bridgehead atoms. The lowest BCUT2D eigenvalue weighted by Crippen LogP contribution is -2.45. The summed E-state index contributed by atoms with van der Waals surface area (Å²) in [6.45, 7) is 7.84. The molecule has 1 aliphatic rings. The van der Waals surface area contributed by atoms with E-state index in [1.165, 1.54) is 7.11 Å². The summed E-state index contributed by atoms with van der Waals surface area (Å²) in [6.07, 6.45) is -3.46. The van der Waals surface area contributed by atoms with Crippen molar-refractivity contribution < 1.29 is 17.9 Å². The van der Waals surface area contributed by atoms with Crippen LogP contribution in [0.15, 0.2) is 18.2 Å². The molecule has 1 aromatic rings. The summed E-state index contributed by atoms with van der Waals surface area (Å²) >= 11 is 0. The van der Waals surface area contributed by atoms with E-state index < -0.39 is 11.7 Å². The van der Waals surface area contributed by atoms with Crippen LogP contribution in [-0.2, 0) is 6.18 Å². The standard InChI is InChI=1S/C17H25F3N2O/c1-12(2)10-15(22-8-6-21-7-9-22)14-5-4-13(17(18,19)20)11-16(14)23-3/h4-5,11-12,15,21H,6-10H2,1-3H3/t15-/m0/s1. The molecule has 0 spiro atoms. The first kappa shape index (κ1) is 18.1. The Morgan fingerprint density at radius 2 is 1.87 bits per heavy atom. The number of nitrogens with one attached hydrogen (secondary N) is 1. The largest absolute Gasteiger partial charge is 0.496 e. The molecule has 1 N–H and O–H groups in total. The predicted molar refractivity (Wildman–Crippen MR) is 84.6 cm³/mol. The van der Waals surface area contributed by atoms with Crippen LogP contribution in [0.2, 0.25) is 0 Å². The summed E-state index contributed by atoms with van der Waals surface area (Å²) in [6, 6.07) is 3.93. The van der Waals surface area contributed by atoms with Gasteiger partial charge in [-0.3, -0.25) is 4.90 Å². The number of piperazine rings is 1. The number of hydrogen-bond donors (Lipinski definition) is 1. The summed E-state index contributed by atoms with van der Waals surface area (Å²) in [4.78, 5) is 2.33. The normalized spacial score (nSPS) is 18.2. The number of nitrogens with zero attached hydrogens (tertiary/aromatic N) is 1. The third-order valence-electron chi connectivity index (χ3n) is 4.21. The Balaban J connectivity index is 2.36. The van der Waals surface area contributed by atoms with Crippen LogP contribution in [0.4, 0.5) is 13.2 Å². The van der Waals surface area contributed by atoms with E-state index in [1.807, 2.05) is 0 Å². The third kappa shape index (κ3) is 4.61. The topological polar surface area (TPSA) is 24.5 Å². The van der Waals surface area contributed by atoms with Crippen molar-refractivity contribution in [3.8, 4) is 5.75 Å². The molecule has 0 saturated carbocycles. The van der Waals surface area contributed by atoms with E-state index in [0.717, 1.165) is 50.3 Å². The predicted octanol–water partition coefficient (Wildman–Crippen LogP) is 3.71. The zero-order chi connectivity index (χ0) is 17.0. The van der Waals surface area contributed by atoms with Gasteiger partial charge < -0.3 is 10.1 Å². The van der Waals surface area contributed by atoms with Gasteiger partial charge in [-0.1, -0.05) is 19.9 Å². The van der Waals surface area contributed by atoms with Crippen LogP contribution in [0.1, 0.15) is 37.4 Å². The molecule has 0 radical (unpaired) electrons. The number of rotatable bonds is 5. The maximum atomic E-state index is 12.9. The van der Waals surface area contributed by atoms with Crippen LogP contribution in [0, 0.1) is 5.92 Å². The first-order valence-corrected chi connectivity index (χ1v) is 8.02. The SMILES string of the molecule is COc1cc(C(F)(F)F)ccc1[C@H](CC(C)C)N1CCNCC1. The maximum absolute atomic E-state index is 12.9. The van der Waals surface area contributed by atoms with Crippen molar-refractivity contribution in [2.45, 2.75) is 32.5 Å². The second kappa shape index (κ2) is 7.53. The van der Waals surface area contributed by atoms with Crippen LogP contribution in [0.3, 0.4) is 0 Å². The highest BCUT2D eigenvalue weighted by Crippen LogP contribution is 2.38. The van der Waals surface area contributed by atoms with Crippen molar-refractivity contribution in [2.75, 3.05) is 33.3 Å². The number of hydrogen-bond acceptors (Lipinski definition) is 3. The molecule has 23 heavy (non-hydrogen) atoms. The lowest BCUT2D eigenvalue weighted by atomic mass is 9.93. The highest BCUT2D eigenvalue weighted by Gasteiger charge is 2.33. The van der Waals surface area contributed by atoms with E-state index >= 15 is 0 Å². The molecule has 1 aromatic carbocycles. The monoisotopic (exact) mass is 330 g/mol. The summed E-state index contributed by atoms with van der Waals surface area (Å²) in [5.74, 6) is 0.769. The Bertz CT molecular complexity index is 511. The van der Waals surface area contributed by atoms with Gasteiger partial charge in [-0.2, -0.15) is 13.2 Å². The van der Waals surface area contributed by atoms with Crippen LogP contribution in [-0.4, -0.2) is 38.2 Å². The molecular weight excluding hydrogens is 305 g/mol. The van der Waals surface area contributed by atoms with Crippen LogP contribution in [0.5, 0.6) is 5.75 Å². The fraction of sp³-hybridized carbons (Fsp3) is 0.647. The number of alkyl halides is 3. The number of ether oxygens (including phenoxy) is 1. The summed E-state index contributed by atoms with van der Waals surface area (Å²) in [7, 11) is 1.43. The highest BCUT2D eigenvalue weighted by molar-refractivity contribution is 5.41. The van der Waals surface area contributed by atoms with Gasteiger partial charge in [-0.15, -0.1) is 0 Å². The smallest absolute Gasteiger partial charge is 0.416 e. The first-order chi connectivity index (χ1) is 10.8. The molecule has 0 aliphatic carbocycles. The molecule has 0 aromatic heterocycles. The average Bonchev–Trinajstić information content (AvgIpc) is 2.52. The molecule has 0 amide bonds. The summed E-state index contributed by atoms with van der Waals surface area (Å²) in [5.41, 5.74) is 0.179. The quantitative estimate of drug-likeness (QED) is 0.891. The van der Waals surface area contributed by atoms with Crippen LogP contribution < -0.4 is 10.1 Å². The maximum Gasteiger partial charge on any atom is 0.416 e. The van der Waals surface area contributed by atoms with Gasteiger partial charge >= 0.3 is 6.18 Å². The van der Waals surface area contributed by atoms with E-state index in [2.05, 4.69) is 24.1 Å². The van der Waals surface area contributed by atoms with E-state index in [0.29, 0.717) is 11.7 Å². The Labute approximate surface area is 135 Å². The highest BCUT2D eigenvalue weighted by atomic mass is 19.4. The van der Waals surface area contributed by atoms with Gasteiger partial charge in [0.1, 0.15) is 5.75 Å². The van der Waals surface area contributed by atoms with E-state index in [4.69, 9.17) is 4.74 Å². The minimum Gasteiger partial charge on any atom is -0.496 e. The molecule has 1 atom stereocenters. The number of benzene rings is 1. The Morgan fingerprint density at radius 1 is 1.22 bits per heavy atom. The van der Waals surface area contributed by atoms with Crippen molar-refractivity contribution in [3.63, 3.8) is 0 Å². The Hall–Kier alpha value is -1.27. The van der Waals surface area contributed by atoms with Crippen molar-refractivity contribution >= 4 is 0 Å². The molecule has 3 nitrogen and oxygen atoms in total. The minimum atomic E-state index is -4.35. The molecule has 1 fully saturated rings. The lowest BCUT2D eigenvalue weighted by molar-refractivity contribution is -0.137. The second-order valence-electron chi connectivity index (χ2n) is 6.39. The zero-order valence-corrected chi connectivity index (χ0v) is 13.9. The fourth-order valence-corrected chi connectivity index (χ4v) is 3.08. The minimum absolute atomic E-state index is 0.0781. The summed E-state index contributed by atoms with van der Waals surface area (Å²) in [5, 5.41) is 3.31. The Kier molecular flexibility index (Phi) is 5.92. The third-order valence-corrected chi connectivity index (χ3v) is 4.21. The van der Waals surface area contributed by atoms with Gasteiger partial charge in [0.15, 0.2) is 0 Å². The van der Waals surface area contributed by atoms with Crippen molar-refractivity contribution in [1.82, 2.24) is 10.2 Å². The van der Waals surface area contributed by atoms with E-state index in [1.54, 1.807) is 6.07 Å². The summed E-state index contributed by atoms with van der Waals surface area (Å²) < 4.78 is 44.1. The van der Waals surface area contributed by atoms with Gasteiger partial charge in [0.25, 0.3) is 0 Å². The molecule has 0 unspecified atom stereocenters. The van der Waals surface area contributed by atoms with Crippen molar-refractivity contribution in [1.29, 1.82) is 0 Å². The van der Waals surface area contributed by atoms with E-state index in [9.17, 15) is 13.2 Å². The average molecular weight is 330 g/mol. The molecule has 6 heteroatoms. The van der Waals surface area contributed by atoms with Crippen molar-refractivity contribution in [3.05, 3.63) is 29.3 Å². The fourth-order valence-electron chi connectivity index (χ4n) is 3.08. The zero-order valence-electron chi connectivity index (χ0n) is 13.9. The molecular formula is C17H25F3N2O. The van der Waals surface area contributed by atoms with E-state index in [-0.39, 0.29) is 6.04 Å². The van der Waals surface area contributed by atoms with Gasteiger partial charge in [0.2, 0.25) is 0 Å². The van der Waals surface area contributed by atoms with Gasteiger partial charge in [-0.05, 0) is 24.5 Å². The van der Waals surface area contributed by atoms with Crippen LogP contribution >= 0.6 is 0 Å². The molecule has 2 rings (SSSR count). The number of halogens is 3. The van der Waals surface area contributed by atoms with Gasteiger partial charge in [0, 0.05) is 37.8 Å². The van der Waals surface area contributed by atoms with Crippen LogP contribution in [0.25, 0.3) is 0 Å². The molecule has 1 aliphatic heterocycles. The second-order valence-corrected chi connectivity index (χ2v) is 6.39. The van der Waals surface area contributed by atoms with Gasteiger partial charge in [0.05, 0.1) is 12.7 Å². The molecule has 130 valence electrons. The first-order valence-electron chi connectivity index (χ1n) is 8.02. The van der Waals surface area contributed by atoms with Crippen molar-refractivity contribution in [2.24, 2.45) is 5.92 Å². The molecule has 1 saturated heterocycles. The Morgan fingerprint density at radius 3 is 2.39 bits per heavy atom. The lowest BCUT2D eigenvalue weighted by Gasteiger charge is -2.36.